The van der Waals surface area contributed by atoms with E-state index >= 15 is 0 Å². The first-order valence-electron chi connectivity index (χ1n) is 4.48. The molecule has 5 heteroatoms. The molecular weight excluding hydrogens is 212 g/mol. The first kappa shape index (κ1) is 11.7. The highest BCUT2D eigenvalue weighted by molar-refractivity contribution is 7.11. The SMILES string of the molecule is C=Cc1scnc1NC(=O)OC(C)(C)C. The first-order chi connectivity index (χ1) is 6.92. The highest BCUT2D eigenvalue weighted by atomic mass is 32.1. The second-order valence-electron chi connectivity index (χ2n) is 3.90. The molecule has 1 amide bonds. The summed E-state index contributed by atoms with van der Waals surface area (Å²) in [6.45, 7) is 9.05. The predicted molar refractivity (Wildman–Crippen MR) is 62.1 cm³/mol. The van der Waals surface area contributed by atoms with E-state index in [0.29, 0.717) is 5.82 Å². The van der Waals surface area contributed by atoms with E-state index in [4.69, 9.17) is 4.74 Å². The second-order valence-corrected chi connectivity index (χ2v) is 4.78. The molecule has 0 aliphatic carbocycles. The van der Waals surface area contributed by atoms with Crippen molar-refractivity contribution in [2.24, 2.45) is 0 Å². The smallest absolute Gasteiger partial charge is 0.413 e. The average molecular weight is 226 g/mol. The Labute approximate surface area is 93.0 Å². The minimum absolute atomic E-state index is 0.490. The quantitative estimate of drug-likeness (QED) is 0.842. The van der Waals surface area contributed by atoms with Crippen molar-refractivity contribution in [3.63, 3.8) is 0 Å². The summed E-state index contributed by atoms with van der Waals surface area (Å²) in [6.07, 6.45) is 1.14. The Morgan fingerprint density at radius 2 is 2.33 bits per heavy atom. The molecule has 0 radical (unpaired) electrons. The van der Waals surface area contributed by atoms with Crippen molar-refractivity contribution in [1.29, 1.82) is 0 Å². The average Bonchev–Trinajstić information content (AvgIpc) is 2.48. The van der Waals surface area contributed by atoms with E-state index in [-0.39, 0.29) is 0 Å². The summed E-state index contributed by atoms with van der Waals surface area (Å²) in [5.74, 6) is 0.490. The Morgan fingerprint density at radius 3 is 2.87 bits per heavy atom. The van der Waals surface area contributed by atoms with E-state index in [1.54, 1.807) is 11.6 Å². The van der Waals surface area contributed by atoms with Gasteiger partial charge in [0.15, 0.2) is 5.82 Å². The van der Waals surface area contributed by atoms with Crippen LogP contribution in [0, 0.1) is 0 Å². The molecule has 0 spiro atoms. The number of amides is 1. The number of hydrogen-bond acceptors (Lipinski definition) is 4. The lowest BCUT2D eigenvalue weighted by molar-refractivity contribution is 0.0635. The van der Waals surface area contributed by atoms with Gasteiger partial charge in [-0.3, -0.25) is 5.32 Å². The number of thiazole rings is 1. The molecule has 0 unspecified atom stereocenters. The Kier molecular flexibility index (Phi) is 3.47. The molecule has 0 saturated heterocycles. The van der Waals surface area contributed by atoms with Crippen molar-refractivity contribution in [2.45, 2.75) is 26.4 Å². The zero-order valence-electron chi connectivity index (χ0n) is 9.03. The van der Waals surface area contributed by atoms with Crippen LogP contribution >= 0.6 is 11.3 Å². The second kappa shape index (κ2) is 4.44. The number of ether oxygens (including phenoxy) is 1. The maximum absolute atomic E-state index is 11.4. The Hall–Kier alpha value is -1.36. The van der Waals surface area contributed by atoms with Gasteiger partial charge in [0.05, 0.1) is 10.4 Å². The number of nitrogens with zero attached hydrogens (tertiary/aromatic N) is 1. The van der Waals surface area contributed by atoms with Gasteiger partial charge in [-0.05, 0) is 26.8 Å². The predicted octanol–water partition coefficient (Wildman–Crippen LogP) is 3.13. The van der Waals surface area contributed by atoms with E-state index in [2.05, 4.69) is 16.9 Å². The van der Waals surface area contributed by atoms with Gasteiger partial charge in [0.2, 0.25) is 0 Å². The van der Waals surface area contributed by atoms with Gasteiger partial charge in [0.1, 0.15) is 5.60 Å². The standard InChI is InChI=1S/C10H14N2O2S/c1-5-7-8(11-6-15-7)12-9(13)14-10(2,3)4/h5-6H,1H2,2-4H3,(H,12,13). The number of aromatic nitrogens is 1. The summed E-state index contributed by atoms with van der Waals surface area (Å²) in [6, 6.07) is 0. The van der Waals surface area contributed by atoms with Crippen LogP contribution in [0.15, 0.2) is 12.1 Å². The van der Waals surface area contributed by atoms with E-state index in [1.807, 2.05) is 20.8 Å². The third kappa shape index (κ3) is 3.71. The molecule has 0 fully saturated rings. The molecule has 0 aliphatic rings. The van der Waals surface area contributed by atoms with Gasteiger partial charge < -0.3 is 4.74 Å². The van der Waals surface area contributed by atoms with Crippen LogP contribution in [0.5, 0.6) is 0 Å². The molecule has 15 heavy (non-hydrogen) atoms. The largest absolute Gasteiger partial charge is 0.444 e. The molecule has 0 saturated carbocycles. The molecule has 1 aromatic heterocycles. The number of hydrogen-bond donors (Lipinski definition) is 1. The molecule has 0 aromatic carbocycles. The lowest BCUT2D eigenvalue weighted by Gasteiger charge is -2.19. The molecule has 1 rings (SSSR count). The van der Waals surface area contributed by atoms with Crippen molar-refractivity contribution in [2.75, 3.05) is 5.32 Å². The van der Waals surface area contributed by atoms with Gasteiger partial charge in [-0.1, -0.05) is 6.58 Å². The normalized spacial score (nSPS) is 10.9. The monoisotopic (exact) mass is 226 g/mol. The minimum atomic E-state index is -0.506. The van der Waals surface area contributed by atoms with Crippen LogP contribution in [0.1, 0.15) is 25.6 Å². The Morgan fingerprint density at radius 1 is 1.67 bits per heavy atom. The fourth-order valence-corrected chi connectivity index (χ4v) is 1.48. The van der Waals surface area contributed by atoms with E-state index in [9.17, 15) is 4.79 Å². The van der Waals surface area contributed by atoms with E-state index in [0.717, 1.165) is 4.88 Å². The fraction of sp³-hybridized carbons (Fsp3) is 0.400. The number of nitrogens with one attached hydrogen (secondary N) is 1. The van der Waals surface area contributed by atoms with Crippen LogP contribution in [0.25, 0.3) is 6.08 Å². The van der Waals surface area contributed by atoms with Crippen molar-refractivity contribution >= 4 is 29.3 Å². The topological polar surface area (TPSA) is 51.2 Å². The molecule has 1 N–H and O–H groups in total. The highest BCUT2D eigenvalue weighted by Crippen LogP contribution is 2.20. The van der Waals surface area contributed by atoms with Gasteiger partial charge in [0, 0.05) is 0 Å². The van der Waals surface area contributed by atoms with Crippen molar-refractivity contribution in [1.82, 2.24) is 4.98 Å². The molecular formula is C10H14N2O2S. The van der Waals surface area contributed by atoms with Crippen LogP contribution in [0.4, 0.5) is 10.6 Å². The highest BCUT2D eigenvalue weighted by Gasteiger charge is 2.17. The molecule has 0 bridgehead atoms. The molecule has 0 atom stereocenters. The van der Waals surface area contributed by atoms with Crippen LogP contribution in [0.3, 0.4) is 0 Å². The van der Waals surface area contributed by atoms with Crippen LogP contribution < -0.4 is 5.32 Å². The van der Waals surface area contributed by atoms with Gasteiger partial charge in [-0.15, -0.1) is 11.3 Å². The van der Waals surface area contributed by atoms with Gasteiger partial charge in [-0.25, -0.2) is 9.78 Å². The van der Waals surface area contributed by atoms with Crippen molar-refractivity contribution in [3.8, 4) is 0 Å². The zero-order chi connectivity index (χ0) is 11.5. The number of carbonyl (C=O) groups excluding carboxylic acids is 1. The first-order valence-corrected chi connectivity index (χ1v) is 5.36. The van der Waals surface area contributed by atoms with Gasteiger partial charge in [-0.2, -0.15) is 0 Å². The Balaban J connectivity index is 2.63. The summed E-state index contributed by atoms with van der Waals surface area (Å²) in [7, 11) is 0. The zero-order valence-corrected chi connectivity index (χ0v) is 9.85. The van der Waals surface area contributed by atoms with Gasteiger partial charge in [0.25, 0.3) is 0 Å². The Bertz CT molecular complexity index is 366. The molecule has 1 aromatic rings. The third-order valence-corrected chi connectivity index (χ3v) is 2.22. The lowest BCUT2D eigenvalue weighted by atomic mass is 10.2. The molecule has 0 aliphatic heterocycles. The minimum Gasteiger partial charge on any atom is -0.444 e. The summed E-state index contributed by atoms with van der Waals surface area (Å²) >= 11 is 1.41. The maximum Gasteiger partial charge on any atom is 0.413 e. The maximum atomic E-state index is 11.4. The van der Waals surface area contributed by atoms with Gasteiger partial charge >= 0.3 is 6.09 Å². The van der Waals surface area contributed by atoms with Crippen molar-refractivity contribution in [3.05, 3.63) is 17.0 Å². The van der Waals surface area contributed by atoms with E-state index in [1.165, 1.54) is 11.3 Å². The van der Waals surface area contributed by atoms with E-state index < -0.39 is 11.7 Å². The number of anilines is 1. The summed E-state index contributed by atoms with van der Waals surface area (Å²) in [5, 5.41) is 2.56. The molecule has 82 valence electrons. The van der Waals surface area contributed by atoms with Crippen molar-refractivity contribution < 1.29 is 9.53 Å². The molecule has 1 heterocycles. The summed E-state index contributed by atoms with van der Waals surface area (Å²) in [4.78, 5) is 16.2. The fourth-order valence-electron chi connectivity index (χ4n) is 0.894. The lowest BCUT2D eigenvalue weighted by Crippen LogP contribution is -2.27. The van der Waals surface area contributed by atoms with Crippen LogP contribution in [0.2, 0.25) is 0 Å². The summed E-state index contributed by atoms with van der Waals surface area (Å²) < 4.78 is 5.09. The van der Waals surface area contributed by atoms with Crippen LogP contribution in [-0.2, 0) is 4.74 Å². The number of carbonyl (C=O) groups is 1. The molecule has 4 nitrogen and oxygen atoms in total. The number of rotatable bonds is 2. The summed E-state index contributed by atoms with van der Waals surface area (Å²) in [5.41, 5.74) is 1.14. The van der Waals surface area contributed by atoms with Crippen LogP contribution in [-0.4, -0.2) is 16.7 Å². The third-order valence-electron chi connectivity index (χ3n) is 1.40.